The van der Waals surface area contributed by atoms with Crippen molar-refractivity contribution < 1.29 is 12.9 Å². The molecule has 3 fully saturated rings. The fraction of sp³-hybridized carbons (Fsp3) is 0.538. The molecule has 0 N–H and O–H groups in total. The minimum atomic E-state index is -4.64. The molecule has 0 nitrogen and oxygen atoms in total. The quantitative estimate of drug-likeness (QED) is 0.691. The number of benzene rings is 1. The third-order valence-corrected chi connectivity index (χ3v) is 4.74. The van der Waals surface area contributed by atoms with E-state index in [4.69, 9.17) is 0 Å². The molecule has 0 heterocycles. The molecule has 92 valence electrons. The summed E-state index contributed by atoms with van der Waals surface area (Å²) >= 11 is 0. The van der Waals surface area contributed by atoms with Gasteiger partial charge in [-0.2, -0.15) is 0 Å². The predicted octanol–water partition coefficient (Wildman–Crippen LogP) is 4.27. The zero-order valence-electron chi connectivity index (χ0n) is 9.85. The first-order chi connectivity index (χ1) is 7.91. The first-order valence-electron chi connectivity index (χ1n) is 6.20. The summed E-state index contributed by atoms with van der Waals surface area (Å²) in [4.78, 5) is 0. The molecule has 4 rings (SSSR count). The first kappa shape index (κ1) is 11.2. The van der Waals surface area contributed by atoms with Gasteiger partial charge in [0.1, 0.15) is 0 Å². The fourth-order valence-electron chi connectivity index (χ4n) is 3.61. The maximum atomic E-state index is 12.8. The van der Waals surface area contributed by atoms with E-state index in [1.165, 1.54) is 5.56 Å². The zero-order chi connectivity index (χ0) is 12.3. The molecule has 0 spiro atoms. The van der Waals surface area contributed by atoms with Crippen LogP contribution in [-0.4, -0.2) is 6.98 Å². The summed E-state index contributed by atoms with van der Waals surface area (Å²) < 4.78 is 38.4. The lowest BCUT2D eigenvalue weighted by Crippen LogP contribution is -2.67. The van der Waals surface area contributed by atoms with Crippen LogP contribution in [0.2, 0.25) is 5.31 Å². The molecule has 0 saturated heterocycles. The van der Waals surface area contributed by atoms with Crippen molar-refractivity contribution in [1.82, 2.24) is 0 Å². The second kappa shape index (κ2) is 3.09. The van der Waals surface area contributed by atoms with Crippen molar-refractivity contribution in [1.29, 1.82) is 0 Å². The SMILES string of the molecule is CCc1ccc(C23CC([B-](F)(F)F)(C2)C3)cc1. The summed E-state index contributed by atoms with van der Waals surface area (Å²) in [5.41, 5.74) is 2.22. The second-order valence-electron chi connectivity index (χ2n) is 5.80. The van der Waals surface area contributed by atoms with Gasteiger partial charge in [0.15, 0.2) is 0 Å². The average molecular weight is 239 g/mol. The number of aryl methyl sites for hydroxylation is 1. The Morgan fingerprint density at radius 1 is 1.06 bits per heavy atom. The van der Waals surface area contributed by atoms with E-state index in [0.29, 0.717) is 19.3 Å². The number of hydrogen-bond acceptors (Lipinski definition) is 0. The maximum Gasteiger partial charge on any atom is 0.484 e. The molecule has 3 aliphatic carbocycles. The van der Waals surface area contributed by atoms with E-state index in [0.717, 1.165) is 12.0 Å². The molecule has 3 aliphatic rings. The zero-order valence-corrected chi connectivity index (χ0v) is 9.85. The maximum absolute atomic E-state index is 12.8. The van der Waals surface area contributed by atoms with E-state index in [2.05, 4.69) is 6.92 Å². The van der Waals surface area contributed by atoms with Crippen LogP contribution in [0.1, 0.15) is 37.3 Å². The van der Waals surface area contributed by atoms with Crippen LogP contribution in [-0.2, 0) is 11.8 Å². The van der Waals surface area contributed by atoms with Gasteiger partial charge in [-0.15, -0.1) is 0 Å². The molecule has 1 aromatic rings. The minimum Gasteiger partial charge on any atom is -0.449 e. The van der Waals surface area contributed by atoms with Gasteiger partial charge in [-0.3, -0.25) is 0 Å². The van der Waals surface area contributed by atoms with Crippen molar-refractivity contribution in [3.63, 3.8) is 0 Å². The van der Waals surface area contributed by atoms with Gasteiger partial charge in [-0.25, -0.2) is 0 Å². The van der Waals surface area contributed by atoms with Crippen LogP contribution in [0.4, 0.5) is 12.9 Å². The van der Waals surface area contributed by atoms with Crippen LogP contribution >= 0.6 is 0 Å². The Kier molecular flexibility index (Phi) is 2.03. The molecule has 0 amide bonds. The molecule has 0 aliphatic heterocycles. The Morgan fingerprint density at radius 3 is 2.00 bits per heavy atom. The van der Waals surface area contributed by atoms with Crippen molar-refractivity contribution in [3.8, 4) is 0 Å². The highest BCUT2D eigenvalue weighted by molar-refractivity contribution is 6.63. The molecule has 4 heteroatoms. The molecule has 1 aromatic carbocycles. The third-order valence-electron chi connectivity index (χ3n) is 4.74. The van der Waals surface area contributed by atoms with Crippen molar-refractivity contribution in [2.45, 2.75) is 43.3 Å². The molecule has 0 radical (unpaired) electrons. The van der Waals surface area contributed by atoms with Crippen molar-refractivity contribution in [2.75, 3.05) is 0 Å². The fourth-order valence-corrected chi connectivity index (χ4v) is 3.61. The van der Waals surface area contributed by atoms with Crippen LogP contribution in [0, 0.1) is 0 Å². The lowest BCUT2D eigenvalue weighted by Gasteiger charge is -2.75. The van der Waals surface area contributed by atoms with Crippen molar-refractivity contribution >= 4 is 6.98 Å². The van der Waals surface area contributed by atoms with E-state index in [1.54, 1.807) is 0 Å². The van der Waals surface area contributed by atoms with E-state index < -0.39 is 12.3 Å². The van der Waals surface area contributed by atoms with Crippen LogP contribution in [0.25, 0.3) is 0 Å². The Balaban J connectivity index is 1.78. The summed E-state index contributed by atoms with van der Waals surface area (Å²) in [6.07, 6.45) is 1.96. The Labute approximate surface area is 99.3 Å². The highest BCUT2D eigenvalue weighted by Gasteiger charge is 2.74. The Morgan fingerprint density at radius 2 is 1.59 bits per heavy atom. The molecule has 0 atom stereocenters. The van der Waals surface area contributed by atoms with Gasteiger partial charge in [0.25, 0.3) is 0 Å². The topological polar surface area (TPSA) is 0 Å². The van der Waals surface area contributed by atoms with Crippen LogP contribution in [0.15, 0.2) is 24.3 Å². The van der Waals surface area contributed by atoms with Crippen LogP contribution in [0.3, 0.4) is 0 Å². The van der Waals surface area contributed by atoms with Gasteiger partial charge < -0.3 is 12.9 Å². The van der Waals surface area contributed by atoms with Gasteiger partial charge in [0, 0.05) is 0 Å². The van der Waals surface area contributed by atoms with Crippen LogP contribution in [0.5, 0.6) is 0 Å². The molecular formula is C13H15BF3-. The summed E-state index contributed by atoms with van der Waals surface area (Å²) in [6, 6.07) is 8.12. The monoisotopic (exact) mass is 239 g/mol. The molecule has 0 unspecified atom stereocenters. The lowest BCUT2D eigenvalue weighted by atomic mass is 9.23. The predicted molar refractivity (Wildman–Crippen MR) is 63.1 cm³/mol. The largest absolute Gasteiger partial charge is 0.484 e. The van der Waals surface area contributed by atoms with Gasteiger partial charge in [-0.05, 0) is 23.0 Å². The van der Waals surface area contributed by atoms with E-state index >= 15 is 0 Å². The van der Waals surface area contributed by atoms with Crippen molar-refractivity contribution in [3.05, 3.63) is 35.4 Å². The highest BCUT2D eigenvalue weighted by Crippen LogP contribution is 2.82. The molecule has 2 bridgehead atoms. The van der Waals surface area contributed by atoms with Gasteiger partial charge in [0.2, 0.25) is 0 Å². The number of halogens is 3. The van der Waals surface area contributed by atoms with E-state index in [-0.39, 0.29) is 5.41 Å². The van der Waals surface area contributed by atoms with Crippen LogP contribution < -0.4 is 0 Å². The Hall–Kier alpha value is -0.925. The standard InChI is InChI=1S/C13H15BF3/c1-2-10-3-5-11(6-4-10)12-7-13(8-12,9-12)14(15,16)17/h3-6H,2,7-9H2,1H3/q-1. The van der Waals surface area contributed by atoms with Gasteiger partial charge in [0.05, 0.1) is 0 Å². The average Bonchev–Trinajstić information content (AvgIpc) is 2.12. The van der Waals surface area contributed by atoms with E-state index in [9.17, 15) is 12.9 Å². The Bertz CT molecular complexity index is 427. The second-order valence-corrected chi connectivity index (χ2v) is 5.80. The third kappa shape index (κ3) is 1.33. The number of rotatable bonds is 3. The molecule has 0 aromatic heterocycles. The van der Waals surface area contributed by atoms with Crippen molar-refractivity contribution in [2.24, 2.45) is 0 Å². The number of hydrogen-bond donors (Lipinski definition) is 0. The first-order valence-corrected chi connectivity index (χ1v) is 6.20. The normalized spacial score (nSPS) is 35.1. The molecular weight excluding hydrogens is 224 g/mol. The molecule has 17 heavy (non-hydrogen) atoms. The lowest BCUT2D eigenvalue weighted by molar-refractivity contribution is -0.0400. The molecule has 3 saturated carbocycles. The summed E-state index contributed by atoms with van der Waals surface area (Å²) in [7, 11) is 0. The van der Waals surface area contributed by atoms with E-state index in [1.807, 2.05) is 24.3 Å². The smallest absolute Gasteiger partial charge is 0.449 e. The minimum absolute atomic E-state index is 0.135. The van der Waals surface area contributed by atoms with Gasteiger partial charge in [-0.1, -0.05) is 55.8 Å². The summed E-state index contributed by atoms with van der Waals surface area (Å²) in [6.45, 7) is -2.56. The summed E-state index contributed by atoms with van der Waals surface area (Å²) in [5.74, 6) is 0. The highest BCUT2D eigenvalue weighted by atomic mass is 19.4. The van der Waals surface area contributed by atoms with Gasteiger partial charge >= 0.3 is 6.98 Å². The summed E-state index contributed by atoms with van der Waals surface area (Å²) in [5, 5.41) is -1.27.